The van der Waals surface area contributed by atoms with Crippen LogP contribution < -0.4 is 0 Å². The lowest BCUT2D eigenvalue weighted by atomic mass is 10.2. The molecule has 2 fully saturated rings. The molecule has 2 saturated heterocycles. The first kappa shape index (κ1) is 10.6. The number of allylic oxidation sites excluding steroid dienone is 1. The Hall–Kier alpha value is -0.870. The van der Waals surface area contributed by atoms with Gasteiger partial charge in [-0.25, -0.2) is 4.79 Å². The zero-order valence-corrected chi connectivity index (χ0v) is 8.90. The number of hydrogen-bond acceptors (Lipinski definition) is 4. The molecule has 0 aromatic carbocycles. The Bertz CT molecular complexity index is 262. The Morgan fingerprint density at radius 3 is 2.87 bits per heavy atom. The first-order valence-corrected chi connectivity index (χ1v) is 5.38. The highest BCUT2D eigenvalue weighted by molar-refractivity contribution is 5.90. The number of esters is 1. The first-order chi connectivity index (χ1) is 7.31. The predicted octanol–water partition coefficient (Wildman–Crippen LogP) is 1.05. The molecule has 2 atom stereocenters. The maximum Gasteiger partial charge on any atom is 0.336 e. The van der Waals surface area contributed by atoms with Gasteiger partial charge in [0.1, 0.15) is 12.7 Å². The summed E-state index contributed by atoms with van der Waals surface area (Å²) in [5.74, 6) is -0.268. The summed E-state index contributed by atoms with van der Waals surface area (Å²) >= 11 is 0. The summed E-state index contributed by atoms with van der Waals surface area (Å²) in [6.45, 7) is 3.60. The van der Waals surface area contributed by atoms with Crippen molar-refractivity contribution >= 4 is 5.97 Å². The molecule has 15 heavy (non-hydrogen) atoms. The minimum Gasteiger partial charge on any atom is -0.460 e. The summed E-state index contributed by atoms with van der Waals surface area (Å²) in [5.41, 5.74) is 0.632. The van der Waals surface area contributed by atoms with Gasteiger partial charge < -0.3 is 14.2 Å². The Kier molecular flexibility index (Phi) is 3.38. The van der Waals surface area contributed by atoms with Crippen LogP contribution in [0.3, 0.4) is 0 Å². The van der Waals surface area contributed by atoms with E-state index in [2.05, 4.69) is 0 Å². The molecular formula is C11H16O4. The highest BCUT2D eigenvalue weighted by atomic mass is 16.6. The van der Waals surface area contributed by atoms with E-state index in [4.69, 9.17) is 14.2 Å². The highest BCUT2D eigenvalue weighted by Crippen LogP contribution is 2.21. The van der Waals surface area contributed by atoms with E-state index in [9.17, 15) is 4.79 Å². The third-order valence-electron chi connectivity index (χ3n) is 2.65. The molecule has 0 amide bonds. The fourth-order valence-corrected chi connectivity index (χ4v) is 1.69. The summed E-state index contributed by atoms with van der Waals surface area (Å²) < 4.78 is 15.6. The van der Waals surface area contributed by atoms with Gasteiger partial charge in [0.05, 0.1) is 18.3 Å². The van der Waals surface area contributed by atoms with Gasteiger partial charge in [0.15, 0.2) is 0 Å². The van der Waals surface area contributed by atoms with Gasteiger partial charge in [0, 0.05) is 6.61 Å². The lowest BCUT2D eigenvalue weighted by molar-refractivity contribution is -0.142. The largest absolute Gasteiger partial charge is 0.460 e. The second kappa shape index (κ2) is 4.77. The minimum absolute atomic E-state index is 0.0352. The summed E-state index contributed by atoms with van der Waals surface area (Å²) in [4.78, 5) is 11.6. The normalized spacial score (nSPS) is 30.3. The number of carbonyl (C=O) groups excluding carboxylic acids is 1. The van der Waals surface area contributed by atoms with Crippen LogP contribution in [-0.2, 0) is 19.0 Å². The van der Waals surface area contributed by atoms with Crippen molar-refractivity contribution in [3.63, 3.8) is 0 Å². The molecule has 2 aliphatic rings. The van der Waals surface area contributed by atoms with E-state index in [-0.39, 0.29) is 18.2 Å². The summed E-state index contributed by atoms with van der Waals surface area (Å²) in [5, 5.41) is 0. The van der Waals surface area contributed by atoms with Crippen LogP contribution in [0.15, 0.2) is 11.6 Å². The van der Waals surface area contributed by atoms with Crippen LogP contribution in [0.25, 0.3) is 0 Å². The Morgan fingerprint density at radius 1 is 1.53 bits per heavy atom. The standard InChI is InChI=1S/C11H16O4/c1-2-9(10-7-14-10)11(12)15-6-8-4-3-5-13-8/h2,8,10H,3-7H2,1H3. The number of hydrogen-bond donors (Lipinski definition) is 0. The van der Waals surface area contributed by atoms with Gasteiger partial charge in [-0.2, -0.15) is 0 Å². The fraction of sp³-hybridized carbons (Fsp3) is 0.727. The molecule has 2 heterocycles. The van der Waals surface area contributed by atoms with Gasteiger partial charge in [-0.1, -0.05) is 6.08 Å². The molecule has 0 saturated carbocycles. The molecule has 0 radical (unpaired) electrons. The molecule has 4 heteroatoms. The molecule has 2 unspecified atom stereocenters. The molecule has 0 aromatic heterocycles. The van der Waals surface area contributed by atoms with Crippen molar-refractivity contribution in [3.05, 3.63) is 11.6 Å². The summed E-state index contributed by atoms with van der Waals surface area (Å²) in [7, 11) is 0. The third kappa shape index (κ3) is 2.79. The Morgan fingerprint density at radius 2 is 2.33 bits per heavy atom. The van der Waals surface area contributed by atoms with E-state index in [0.29, 0.717) is 18.8 Å². The number of rotatable bonds is 4. The Balaban J connectivity index is 1.75. The lowest BCUT2D eigenvalue weighted by Gasteiger charge is -2.10. The van der Waals surface area contributed by atoms with Crippen molar-refractivity contribution in [2.45, 2.75) is 32.0 Å². The Labute approximate surface area is 89.2 Å². The topological polar surface area (TPSA) is 48.1 Å². The van der Waals surface area contributed by atoms with E-state index < -0.39 is 0 Å². The molecular weight excluding hydrogens is 196 g/mol. The van der Waals surface area contributed by atoms with Crippen molar-refractivity contribution in [2.75, 3.05) is 19.8 Å². The van der Waals surface area contributed by atoms with Gasteiger partial charge in [-0.05, 0) is 19.8 Å². The third-order valence-corrected chi connectivity index (χ3v) is 2.65. The van der Waals surface area contributed by atoms with Crippen LogP contribution in [0.1, 0.15) is 19.8 Å². The van der Waals surface area contributed by atoms with Crippen LogP contribution >= 0.6 is 0 Å². The van der Waals surface area contributed by atoms with Crippen molar-refractivity contribution in [2.24, 2.45) is 0 Å². The van der Waals surface area contributed by atoms with Gasteiger partial charge in [-0.15, -0.1) is 0 Å². The molecule has 84 valence electrons. The zero-order chi connectivity index (χ0) is 10.7. The average Bonchev–Trinajstić information content (AvgIpc) is 2.93. The average molecular weight is 212 g/mol. The molecule has 2 rings (SSSR count). The van der Waals surface area contributed by atoms with Gasteiger partial charge in [0.25, 0.3) is 0 Å². The number of ether oxygens (including phenoxy) is 3. The molecule has 0 bridgehead atoms. The van der Waals surface area contributed by atoms with E-state index in [1.54, 1.807) is 6.08 Å². The fourth-order valence-electron chi connectivity index (χ4n) is 1.69. The van der Waals surface area contributed by atoms with Crippen LogP contribution in [0.5, 0.6) is 0 Å². The van der Waals surface area contributed by atoms with Crippen LogP contribution in [0.4, 0.5) is 0 Å². The second-order valence-electron chi connectivity index (χ2n) is 3.80. The van der Waals surface area contributed by atoms with Gasteiger partial charge in [-0.3, -0.25) is 0 Å². The van der Waals surface area contributed by atoms with E-state index in [0.717, 1.165) is 19.4 Å². The molecule has 4 nitrogen and oxygen atoms in total. The molecule has 0 aliphatic carbocycles. The van der Waals surface area contributed by atoms with Crippen LogP contribution in [0.2, 0.25) is 0 Å². The molecule has 2 aliphatic heterocycles. The van der Waals surface area contributed by atoms with Crippen molar-refractivity contribution in [1.29, 1.82) is 0 Å². The maximum absolute atomic E-state index is 11.6. The summed E-state index contributed by atoms with van der Waals surface area (Å²) in [6, 6.07) is 0. The second-order valence-corrected chi connectivity index (χ2v) is 3.80. The van der Waals surface area contributed by atoms with E-state index >= 15 is 0 Å². The van der Waals surface area contributed by atoms with Gasteiger partial charge in [0.2, 0.25) is 0 Å². The van der Waals surface area contributed by atoms with E-state index in [1.165, 1.54) is 0 Å². The molecule has 0 N–H and O–H groups in total. The monoisotopic (exact) mass is 212 g/mol. The van der Waals surface area contributed by atoms with Crippen molar-refractivity contribution in [1.82, 2.24) is 0 Å². The zero-order valence-electron chi connectivity index (χ0n) is 8.90. The maximum atomic E-state index is 11.6. The minimum atomic E-state index is -0.268. The summed E-state index contributed by atoms with van der Waals surface area (Å²) in [6.07, 6.45) is 3.86. The molecule has 0 spiro atoms. The highest BCUT2D eigenvalue weighted by Gasteiger charge is 2.32. The van der Waals surface area contributed by atoms with Crippen LogP contribution in [0, 0.1) is 0 Å². The van der Waals surface area contributed by atoms with E-state index in [1.807, 2.05) is 6.92 Å². The number of carbonyl (C=O) groups is 1. The quantitative estimate of drug-likeness (QED) is 0.397. The predicted molar refractivity (Wildman–Crippen MR) is 53.4 cm³/mol. The van der Waals surface area contributed by atoms with Gasteiger partial charge >= 0.3 is 5.97 Å². The van der Waals surface area contributed by atoms with Crippen molar-refractivity contribution < 1.29 is 19.0 Å². The van der Waals surface area contributed by atoms with Crippen molar-refractivity contribution in [3.8, 4) is 0 Å². The smallest absolute Gasteiger partial charge is 0.336 e. The lowest BCUT2D eigenvalue weighted by Crippen LogP contribution is -2.20. The first-order valence-electron chi connectivity index (χ1n) is 5.38. The van der Waals surface area contributed by atoms with Crippen LogP contribution in [-0.4, -0.2) is 38.0 Å². The number of epoxide rings is 1. The molecule has 0 aromatic rings. The SMILES string of the molecule is CC=C(C(=O)OCC1CCCO1)C1CO1.